The van der Waals surface area contributed by atoms with Crippen molar-refractivity contribution in [2.75, 3.05) is 7.05 Å². The summed E-state index contributed by atoms with van der Waals surface area (Å²) in [5.74, 6) is -0.481. The van der Waals surface area contributed by atoms with E-state index in [1.54, 1.807) is 0 Å². The molecule has 0 rings (SSSR count). The molecule has 1 amide bonds. The van der Waals surface area contributed by atoms with Crippen molar-refractivity contribution in [2.45, 2.75) is 0 Å². The highest BCUT2D eigenvalue weighted by atomic mass is 16.1. The predicted octanol–water partition coefficient (Wildman–Crippen LogP) is -0.767. The molecule has 0 aromatic carbocycles. The fourth-order valence-electron chi connectivity index (χ4n) is 0. The van der Waals surface area contributed by atoms with Gasteiger partial charge in [0.15, 0.2) is 0 Å². The lowest BCUT2D eigenvalue weighted by Gasteiger charge is -1.65. The maximum Gasteiger partial charge on any atom is 0.240 e. The summed E-state index contributed by atoms with van der Waals surface area (Å²) in [5.41, 5.74) is 9.03. The molecule has 0 aliphatic carbocycles. The van der Waals surface area contributed by atoms with Gasteiger partial charge in [0.2, 0.25) is 5.91 Å². The van der Waals surface area contributed by atoms with Crippen LogP contribution in [0, 0.1) is 0 Å². The first-order chi connectivity index (χ1) is 3.27. The zero-order valence-electron chi connectivity index (χ0n) is 4.35. The summed E-state index contributed by atoms with van der Waals surface area (Å²) >= 11 is 0. The monoisotopic (exact) mass is 102 g/mol. The van der Waals surface area contributed by atoms with Crippen molar-refractivity contribution in [3.8, 4) is 0 Å². The van der Waals surface area contributed by atoms with E-state index in [2.05, 4.69) is 18.0 Å². The molecule has 3 heteroatoms. The second-order valence-corrected chi connectivity index (χ2v) is 0.606. The van der Waals surface area contributed by atoms with Crippen LogP contribution < -0.4 is 11.5 Å². The molecule has 0 aromatic heterocycles. The van der Waals surface area contributed by atoms with Crippen LogP contribution in [0.15, 0.2) is 12.7 Å². The lowest BCUT2D eigenvalue weighted by molar-refractivity contribution is -0.113. The molecule has 42 valence electrons. The Hall–Kier alpha value is -0.830. The molecule has 0 saturated carbocycles. The average molecular weight is 102 g/mol. The second kappa shape index (κ2) is 8.95. The van der Waals surface area contributed by atoms with Crippen molar-refractivity contribution in [3.63, 3.8) is 0 Å². The maximum absolute atomic E-state index is 9.47. The minimum Gasteiger partial charge on any atom is -0.366 e. The van der Waals surface area contributed by atoms with Crippen LogP contribution in [0.25, 0.3) is 0 Å². The fraction of sp³-hybridized carbons (Fsp3) is 0.250. The standard InChI is InChI=1S/C3H5NO.CH5N/c1-2-3(4)5;1-2/h2H,1H2,(H2,4,5);2H2,1H3. The van der Waals surface area contributed by atoms with Gasteiger partial charge in [-0.2, -0.15) is 0 Å². The number of amides is 1. The third-order valence-electron chi connectivity index (χ3n) is 0.201. The molecule has 0 atom stereocenters. The van der Waals surface area contributed by atoms with Crippen LogP contribution in [0.4, 0.5) is 0 Å². The number of carbonyl (C=O) groups is 1. The SMILES string of the molecule is C=CC(N)=O.CN. The molecule has 0 spiro atoms. The van der Waals surface area contributed by atoms with Crippen LogP contribution >= 0.6 is 0 Å². The molecular formula is C4H10N2O. The first-order valence-electron chi connectivity index (χ1n) is 1.77. The Morgan fingerprint density at radius 3 is 1.86 bits per heavy atom. The van der Waals surface area contributed by atoms with Crippen molar-refractivity contribution in [3.05, 3.63) is 12.7 Å². The second-order valence-electron chi connectivity index (χ2n) is 0.606. The Labute approximate surface area is 43.0 Å². The molecule has 0 heterocycles. The van der Waals surface area contributed by atoms with Crippen LogP contribution in [0.2, 0.25) is 0 Å². The number of rotatable bonds is 1. The molecule has 0 aliphatic heterocycles. The Kier molecular flexibility index (Phi) is 12.1. The van der Waals surface area contributed by atoms with E-state index in [0.29, 0.717) is 0 Å². The summed E-state index contributed by atoms with van der Waals surface area (Å²) in [7, 11) is 1.50. The van der Waals surface area contributed by atoms with E-state index >= 15 is 0 Å². The third-order valence-corrected chi connectivity index (χ3v) is 0.201. The number of carbonyl (C=O) groups excluding carboxylic acids is 1. The molecule has 4 N–H and O–H groups in total. The lowest BCUT2D eigenvalue weighted by atomic mass is 10.6. The molecule has 0 radical (unpaired) electrons. The zero-order valence-corrected chi connectivity index (χ0v) is 4.35. The van der Waals surface area contributed by atoms with Gasteiger partial charge >= 0.3 is 0 Å². The molecule has 0 aliphatic rings. The number of hydrogen-bond acceptors (Lipinski definition) is 2. The van der Waals surface area contributed by atoms with Gasteiger partial charge in [0.25, 0.3) is 0 Å². The van der Waals surface area contributed by atoms with E-state index in [1.165, 1.54) is 7.05 Å². The van der Waals surface area contributed by atoms with Crippen LogP contribution in [0.5, 0.6) is 0 Å². The quantitative estimate of drug-likeness (QED) is 0.427. The Morgan fingerprint density at radius 2 is 1.86 bits per heavy atom. The van der Waals surface area contributed by atoms with E-state index in [0.717, 1.165) is 6.08 Å². The largest absolute Gasteiger partial charge is 0.366 e. The van der Waals surface area contributed by atoms with Gasteiger partial charge in [0.1, 0.15) is 0 Å². The van der Waals surface area contributed by atoms with Crippen molar-refractivity contribution in [1.82, 2.24) is 0 Å². The van der Waals surface area contributed by atoms with E-state index in [-0.39, 0.29) is 0 Å². The normalized spacial score (nSPS) is 5.43. The van der Waals surface area contributed by atoms with Crippen LogP contribution in [0.1, 0.15) is 0 Å². The van der Waals surface area contributed by atoms with Crippen molar-refractivity contribution in [2.24, 2.45) is 11.5 Å². The van der Waals surface area contributed by atoms with Gasteiger partial charge < -0.3 is 11.5 Å². The lowest BCUT2D eigenvalue weighted by Crippen LogP contribution is -2.04. The van der Waals surface area contributed by atoms with Crippen molar-refractivity contribution < 1.29 is 4.79 Å². The van der Waals surface area contributed by atoms with Gasteiger partial charge in [-0.3, -0.25) is 4.79 Å². The summed E-state index contributed by atoms with van der Waals surface area (Å²) in [6.45, 7) is 3.09. The van der Waals surface area contributed by atoms with E-state index in [9.17, 15) is 4.79 Å². The molecule has 0 unspecified atom stereocenters. The van der Waals surface area contributed by atoms with Crippen LogP contribution in [-0.4, -0.2) is 13.0 Å². The molecule has 3 nitrogen and oxygen atoms in total. The average Bonchev–Trinajstić information content (AvgIpc) is 1.73. The van der Waals surface area contributed by atoms with Crippen LogP contribution in [-0.2, 0) is 4.79 Å². The van der Waals surface area contributed by atoms with E-state index in [4.69, 9.17) is 0 Å². The van der Waals surface area contributed by atoms with Gasteiger partial charge in [-0.1, -0.05) is 6.58 Å². The molecule has 0 saturated heterocycles. The van der Waals surface area contributed by atoms with Gasteiger partial charge in [-0.15, -0.1) is 0 Å². The van der Waals surface area contributed by atoms with Gasteiger partial charge in [0, 0.05) is 0 Å². The molecule has 0 bridgehead atoms. The molecule has 0 fully saturated rings. The Bertz CT molecular complexity index is 60.7. The summed E-state index contributed by atoms with van der Waals surface area (Å²) in [5, 5.41) is 0. The first-order valence-corrected chi connectivity index (χ1v) is 1.77. The van der Waals surface area contributed by atoms with E-state index < -0.39 is 5.91 Å². The summed E-state index contributed by atoms with van der Waals surface area (Å²) < 4.78 is 0. The predicted molar refractivity (Wildman–Crippen MR) is 29.5 cm³/mol. The third kappa shape index (κ3) is 38.0. The number of nitrogens with two attached hydrogens (primary N) is 2. The molecular weight excluding hydrogens is 92.1 g/mol. The van der Waals surface area contributed by atoms with E-state index in [1.807, 2.05) is 0 Å². The van der Waals surface area contributed by atoms with Gasteiger partial charge in [-0.25, -0.2) is 0 Å². The highest BCUT2D eigenvalue weighted by Gasteiger charge is 1.69. The highest BCUT2D eigenvalue weighted by molar-refractivity contribution is 5.84. The zero-order chi connectivity index (χ0) is 6.28. The maximum atomic E-state index is 9.47. The highest BCUT2D eigenvalue weighted by Crippen LogP contribution is 1.48. The van der Waals surface area contributed by atoms with Crippen molar-refractivity contribution >= 4 is 5.91 Å². The molecule has 0 aromatic rings. The summed E-state index contributed by atoms with van der Waals surface area (Å²) in [6.07, 6.45) is 1.06. The number of primary amides is 1. The van der Waals surface area contributed by atoms with Crippen molar-refractivity contribution in [1.29, 1.82) is 0 Å². The minimum atomic E-state index is -0.481. The summed E-state index contributed by atoms with van der Waals surface area (Å²) in [4.78, 5) is 9.47. The van der Waals surface area contributed by atoms with Gasteiger partial charge in [0.05, 0.1) is 0 Å². The molecule has 7 heavy (non-hydrogen) atoms. The smallest absolute Gasteiger partial charge is 0.240 e. The minimum absolute atomic E-state index is 0.481. The first kappa shape index (κ1) is 9.48. The Morgan fingerprint density at radius 1 is 1.71 bits per heavy atom. The fourth-order valence-corrected chi connectivity index (χ4v) is 0. The Balaban J connectivity index is 0. The topological polar surface area (TPSA) is 69.1 Å². The summed E-state index contributed by atoms with van der Waals surface area (Å²) in [6, 6.07) is 0. The van der Waals surface area contributed by atoms with Crippen LogP contribution in [0.3, 0.4) is 0 Å². The number of hydrogen-bond donors (Lipinski definition) is 2. The van der Waals surface area contributed by atoms with Gasteiger partial charge in [-0.05, 0) is 13.1 Å².